The lowest BCUT2D eigenvalue weighted by atomic mass is 9.65. The van der Waals surface area contributed by atoms with Gasteiger partial charge < -0.3 is 19.8 Å². The number of hydrogen-bond acceptors (Lipinski definition) is 5. The van der Waals surface area contributed by atoms with Crippen LogP contribution in [0.3, 0.4) is 0 Å². The Morgan fingerprint density at radius 2 is 1.89 bits per heavy atom. The van der Waals surface area contributed by atoms with Gasteiger partial charge >= 0.3 is 0 Å². The number of aliphatic hydroxyl groups excluding tert-OH is 1. The molecule has 8 heteroatoms. The first-order valence-electron chi connectivity index (χ1n) is 13.3. The molecule has 200 valence electrons. The summed E-state index contributed by atoms with van der Waals surface area (Å²) in [7, 11) is 0. The van der Waals surface area contributed by atoms with Crippen molar-refractivity contribution in [2.75, 3.05) is 37.7 Å². The van der Waals surface area contributed by atoms with Crippen molar-refractivity contribution in [2.45, 2.75) is 49.1 Å². The van der Waals surface area contributed by atoms with E-state index in [0.717, 1.165) is 24.9 Å². The van der Waals surface area contributed by atoms with E-state index in [9.17, 15) is 19.5 Å². The molecule has 1 spiro atoms. The third-order valence-corrected chi connectivity index (χ3v) is 10.3. The van der Waals surface area contributed by atoms with Crippen molar-refractivity contribution in [3.63, 3.8) is 0 Å². The number of hydrogen-bond donors (Lipinski definition) is 1. The second-order valence-electron chi connectivity index (χ2n) is 10.3. The Bertz CT molecular complexity index is 1030. The molecule has 3 unspecified atom stereocenters. The highest BCUT2D eigenvalue weighted by Crippen LogP contribution is 2.68. The number of fused-ring (bicyclic) bond motifs is 1. The number of aliphatic hydroxyl groups is 1. The summed E-state index contributed by atoms with van der Waals surface area (Å²) < 4.78 is -0.698. The van der Waals surface area contributed by atoms with E-state index < -0.39 is 22.6 Å². The molecule has 3 heterocycles. The minimum Gasteiger partial charge on any atom is -0.395 e. The van der Waals surface area contributed by atoms with Crippen LogP contribution < -0.4 is 4.90 Å². The second kappa shape index (κ2) is 11.4. The molecule has 3 saturated heterocycles. The number of thioether (sulfide) groups is 1. The molecule has 1 N–H and O–H groups in total. The zero-order valence-corrected chi connectivity index (χ0v) is 22.7. The van der Waals surface area contributed by atoms with Crippen molar-refractivity contribution in [2.24, 2.45) is 17.8 Å². The molecule has 37 heavy (non-hydrogen) atoms. The smallest absolute Gasteiger partial charge is 0.247 e. The van der Waals surface area contributed by atoms with E-state index in [1.165, 1.54) is 0 Å². The van der Waals surface area contributed by atoms with Crippen LogP contribution in [0.15, 0.2) is 55.6 Å². The highest BCUT2D eigenvalue weighted by molar-refractivity contribution is 8.02. The minimum atomic E-state index is -0.707. The van der Waals surface area contributed by atoms with Gasteiger partial charge in [0.1, 0.15) is 6.04 Å². The molecule has 1 aromatic carbocycles. The van der Waals surface area contributed by atoms with E-state index in [1.54, 1.807) is 38.6 Å². The molecule has 3 amide bonds. The quantitative estimate of drug-likeness (QED) is 0.424. The molecular formula is C29H39N3O4S. The highest BCUT2D eigenvalue weighted by Gasteiger charge is 2.76. The molecule has 0 saturated carbocycles. The zero-order chi connectivity index (χ0) is 26.7. The van der Waals surface area contributed by atoms with Gasteiger partial charge in [-0.1, -0.05) is 50.6 Å². The van der Waals surface area contributed by atoms with Gasteiger partial charge in [-0.25, -0.2) is 0 Å². The topological polar surface area (TPSA) is 81.2 Å². The molecule has 1 aromatic rings. The fourth-order valence-corrected chi connectivity index (χ4v) is 9.05. The van der Waals surface area contributed by atoms with Crippen LogP contribution in [0.1, 0.15) is 33.1 Å². The standard InChI is InChI=1S/C29H39N3O4S/c1-5-8-16-30(14-6-2)28(36)25-29-20(4)19-22(37-29)23(24(29)27(35)32(25)17-18-33)26(34)31(15-7-3)21-12-10-9-11-13-21/h6-7,9-13,20,22-25,33H,2-3,5,8,14-19H2,1,4H3/t20?,22-,23+,24+,25?,29?/m1/s1. The number of rotatable bonds is 12. The molecule has 2 bridgehead atoms. The summed E-state index contributed by atoms with van der Waals surface area (Å²) in [5.74, 6) is -1.44. The lowest BCUT2D eigenvalue weighted by Gasteiger charge is -2.41. The first-order valence-corrected chi connectivity index (χ1v) is 14.2. The number of β-amino-alcohol motifs (C(OH)–C–C–N with tert-alkyl or cyclic N) is 1. The summed E-state index contributed by atoms with van der Waals surface area (Å²) in [5.41, 5.74) is 0.768. The van der Waals surface area contributed by atoms with Crippen LogP contribution >= 0.6 is 11.8 Å². The predicted molar refractivity (Wildman–Crippen MR) is 148 cm³/mol. The van der Waals surface area contributed by atoms with Crippen LogP contribution in [-0.2, 0) is 14.4 Å². The van der Waals surface area contributed by atoms with E-state index in [2.05, 4.69) is 27.0 Å². The first-order chi connectivity index (χ1) is 17.9. The van der Waals surface area contributed by atoms with Gasteiger partial charge in [0.15, 0.2) is 0 Å². The molecule has 3 fully saturated rings. The summed E-state index contributed by atoms with van der Waals surface area (Å²) >= 11 is 1.66. The van der Waals surface area contributed by atoms with Crippen LogP contribution in [0, 0.1) is 17.8 Å². The maximum absolute atomic E-state index is 14.2. The number of carbonyl (C=O) groups excluding carboxylic acids is 3. The van der Waals surface area contributed by atoms with E-state index in [4.69, 9.17) is 0 Å². The van der Waals surface area contributed by atoms with Crippen molar-refractivity contribution < 1.29 is 19.5 Å². The number of unbranched alkanes of at least 4 members (excludes halogenated alkanes) is 1. The molecule has 0 radical (unpaired) electrons. The van der Waals surface area contributed by atoms with Crippen LogP contribution in [0.25, 0.3) is 0 Å². The Morgan fingerprint density at radius 3 is 2.51 bits per heavy atom. The van der Waals surface area contributed by atoms with Gasteiger partial charge in [0.2, 0.25) is 17.7 Å². The zero-order valence-electron chi connectivity index (χ0n) is 21.9. The van der Waals surface area contributed by atoms with E-state index in [1.807, 2.05) is 30.3 Å². The summed E-state index contributed by atoms with van der Waals surface area (Å²) in [5, 5.41) is 9.84. The Morgan fingerprint density at radius 1 is 1.19 bits per heavy atom. The molecule has 0 aromatic heterocycles. The largest absolute Gasteiger partial charge is 0.395 e. The molecule has 0 aliphatic carbocycles. The number of anilines is 1. The SMILES string of the molecule is C=CCN(CCCC)C(=O)C1N(CCO)C(=O)[C@@H]2[C@@H](C(=O)N(CC=C)c3ccccc3)[C@H]3CC(C)C12S3. The van der Waals surface area contributed by atoms with Crippen molar-refractivity contribution >= 4 is 35.2 Å². The normalized spacial score (nSPS) is 29.8. The van der Waals surface area contributed by atoms with Crippen molar-refractivity contribution in [1.82, 2.24) is 9.80 Å². The average Bonchev–Trinajstić information content (AvgIpc) is 3.49. The Balaban J connectivity index is 1.75. The summed E-state index contributed by atoms with van der Waals surface area (Å²) in [6.07, 6.45) is 6.00. The van der Waals surface area contributed by atoms with Gasteiger partial charge in [0, 0.05) is 37.1 Å². The molecule has 3 aliphatic rings. The average molecular weight is 526 g/mol. The summed E-state index contributed by atoms with van der Waals surface area (Å²) in [6.45, 7) is 13.1. The molecule has 4 rings (SSSR count). The summed E-state index contributed by atoms with van der Waals surface area (Å²) in [4.78, 5) is 47.5. The van der Waals surface area contributed by atoms with Crippen LogP contribution in [0.5, 0.6) is 0 Å². The van der Waals surface area contributed by atoms with Crippen LogP contribution in [-0.4, -0.2) is 81.5 Å². The van der Waals surface area contributed by atoms with Crippen molar-refractivity contribution in [1.29, 1.82) is 0 Å². The number of nitrogens with zero attached hydrogens (tertiary/aromatic N) is 3. The maximum Gasteiger partial charge on any atom is 0.247 e. The van der Waals surface area contributed by atoms with E-state index in [-0.39, 0.29) is 42.0 Å². The number of amides is 3. The fraction of sp³-hybridized carbons (Fsp3) is 0.552. The van der Waals surface area contributed by atoms with Gasteiger partial charge in [-0.3, -0.25) is 14.4 Å². The first kappa shape index (κ1) is 27.5. The fourth-order valence-electron chi connectivity index (χ4n) is 6.64. The number of para-hydroxylation sites is 1. The predicted octanol–water partition coefficient (Wildman–Crippen LogP) is 3.35. The Labute approximate surface area is 224 Å². The molecule has 7 nitrogen and oxygen atoms in total. The van der Waals surface area contributed by atoms with Gasteiger partial charge in [0.05, 0.1) is 23.2 Å². The van der Waals surface area contributed by atoms with Crippen LogP contribution in [0.2, 0.25) is 0 Å². The lowest BCUT2D eigenvalue weighted by molar-refractivity contribution is -0.143. The van der Waals surface area contributed by atoms with Crippen molar-refractivity contribution in [3.8, 4) is 0 Å². The van der Waals surface area contributed by atoms with Gasteiger partial charge in [-0.2, -0.15) is 0 Å². The van der Waals surface area contributed by atoms with Gasteiger partial charge in [-0.15, -0.1) is 24.9 Å². The van der Waals surface area contributed by atoms with Crippen LogP contribution in [0.4, 0.5) is 5.69 Å². The van der Waals surface area contributed by atoms with E-state index >= 15 is 0 Å². The third-order valence-electron chi connectivity index (χ3n) is 8.19. The third kappa shape index (κ3) is 4.52. The molecular weight excluding hydrogens is 486 g/mol. The van der Waals surface area contributed by atoms with Crippen molar-refractivity contribution in [3.05, 3.63) is 55.6 Å². The highest BCUT2D eigenvalue weighted by atomic mass is 32.2. The molecule has 3 aliphatic heterocycles. The number of benzene rings is 1. The second-order valence-corrected chi connectivity index (χ2v) is 11.9. The Hall–Kier alpha value is -2.58. The van der Waals surface area contributed by atoms with Gasteiger partial charge in [-0.05, 0) is 30.9 Å². The Kier molecular flexibility index (Phi) is 8.49. The summed E-state index contributed by atoms with van der Waals surface area (Å²) in [6, 6.07) is 8.76. The number of likely N-dealkylation sites (tertiary alicyclic amines) is 1. The minimum absolute atomic E-state index is 0.0393. The lowest BCUT2D eigenvalue weighted by Crippen LogP contribution is -2.57. The monoisotopic (exact) mass is 525 g/mol. The maximum atomic E-state index is 14.2. The number of carbonyl (C=O) groups is 3. The molecule has 6 atom stereocenters. The van der Waals surface area contributed by atoms with E-state index in [0.29, 0.717) is 19.6 Å². The van der Waals surface area contributed by atoms with Gasteiger partial charge in [0.25, 0.3) is 0 Å².